The van der Waals surface area contributed by atoms with Crippen LogP contribution in [0, 0.1) is 0 Å². The number of carbonyl (C=O) groups is 1. The molecule has 0 unspecified atom stereocenters. The molecule has 0 atom stereocenters. The summed E-state index contributed by atoms with van der Waals surface area (Å²) in [5.41, 5.74) is -3.24. The third-order valence-electron chi connectivity index (χ3n) is 5.20. The van der Waals surface area contributed by atoms with Crippen LogP contribution in [0.4, 0.5) is 13.2 Å². The molecule has 0 amide bonds. The Morgan fingerprint density at radius 1 is 1.22 bits per heavy atom. The van der Waals surface area contributed by atoms with E-state index >= 15 is 0 Å². The van der Waals surface area contributed by atoms with E-state index in [1.54, 1.807) is 51.1 Å². The molecule has 32 heavy (non-hydrogen) atoms. The van der Waals surface area contributed by atoms with E-state index in [1.807, 2.05) is 13.8 Å². The second kappa shape index (κ2) is 9.48. The number of hydrogen-bond donors (Lipinski definition) is 0. The number of hydrogen-bond acceptors (Lipinski definition) is 4. The van der Waals surface area contributed by atoms with Crippen LogP contribution in [0.2, 0.25) is 0 Å². The monoisotopic (exact) mass is 468 g/mol. The molecule has 0 N–H and O–H groups in total. The summed E-state index contributed by atoms with van der Waals surface area (Å²) in [6, 6.07) is 4.95. The highest BCUT2D eigenvalue weighted by atomic mass is 32.2. The Bertz CT molecular complexity index is 1120. The molecule has 2 rings (SSSR count). The summed E-state index contributed by atoms with van der Waals surface area (Å²) in [5, 5.41) is 0. The zero-order valence-electron chi connectivity index (χ0n) is 18.7. The zero-order valence-corrected chi connectivity index (χ0v) is 19.5. The van der Waals surface area contributed by atoms with Gasteiger partial charge in [-0.05, 0) is 66.5 Å². The first-order valence-corrected chi connectivity index (χ1v) is 11.6. The Hall–Kier alpha value is -2.61. The summed E-state index contributed by atoms with van der Waals surface area (Å²) in [6.07, 6.45) is 7.84. The molecule has 1 aliphatic rings. The van der Waals surface area contributed by atoms with Crippen molar-refractivity contribution in [3.8, 4) is 0 Å². The number of allylic oxidation sites excluding steroid dienone is 6. The van der Waals surface area contributed by atoms with Crippen molar-refractivity contribution in [3.63, 3.8) is 0 Å². The van der Waals surface area contributed by atoms with Crippen LogP contribution in [-0.2, 0) is 24.8 Å². The number of alkyl halides is 3. The van der Waals surface area contributed by atoms with E-state index in [2.05, 4.69) is 0 Å². The largest absolute Gasteiger partial charge is 0.501 e. The van der Waals surface area contributed by atoms with E-state index in [1.165, 1.54) is 12.1 Å². The van der Waals surface area contributed by atoms with Gasteiger partial charge in [0.1, 0.15) is 0 Å². The van der Waals surface area contributed by atoms with Crippen molar-refractivity contribution < 1.29 is 31.1 Å². The second-order valence-corrected chi connectivity index (χ2v) is 10.1. The molecule has 0 aromatic heterocycles. The number of fused-ring (bicyclic) bond motifs is 1. The number of benzene rings is 1. The number of rotatable bonds is 6. The van der Waals surface area contributed by atoms with Gasteiger partial charge in [-0.2, -0.15) is 13.2 Å². The second-order valence-electron chi connectivity index (χ2n) is 8.22. The van der Waals surface area contributed by atoms with Gasteiger partial charge in [-0.15, -0.1) is 0 Å². The van der Waals surface area contributed by atoms with Gasteiger partial charge in [0.25, 0.3) is 9.84 Å². The van der Waals surface area contributed by atoms with Crippen LogP contribution in [0.25, 0.3) is 10.5 Å². The smallest absolute Gasteiger partial charge is 0.463 e. The Balaban J connectivity index is 2.45. The van der Waals surface area contributed by atoms with E-state index in [0.717, 1.165) is 11.6 Å². The van der Waals surface area contributed by atoms with Crippen LogP contribution in [-0.4, -0.2) is 26.5 Å². The molecule has 0 heterocycles. The summed E-state index contributed by atoms with van der Waals surface area (Å²) in [4.78, 5) is 10.8. The van der Waals surface area contributed by atoms with Gasteiger partial charge >= 0.3 is 11.5 Å². The summed E-state index contributed by atoms with van der Waals surface area (Å²) >= 11 is 0. The molecule has 1 aromatic carbocycles. The van der Waals surface area contributed by atoms with Gasteiger partial charge in [0.2, 0.25) is 0 Å². The van der Waals surface area contributed by atoms with Crippen molar-refractivity contribution in [2.24, 2.45) is 0 Å². The quantitative estimate of drug-likeness (QED) is 0.287. The lowest BCUT2D eigenvalue weighted by molar-refractivity contribution is -0.137. The van der Waals surface area contributed by atoms with Gasteiger partial charge in [0, 0.05) is 6.08 Å². The third kappa shape index (κ3) is 5.59. The predicted molar refractivity (Wildman–Crippen MR) is 120 cm³/mol. The Kier molecular flexibility index (Phi) is 7.60. The van der Waals surface area contributed by atoms with Gasteiger partial charge in [0.05, 0.1) is 11.5 Å². The van der Waals surface area contributed by atoms with Crippen molar-refractivity contribution in [1.82, 2.24) is 0 Å². The van der Waals surface area contributed by atoms with E-state index in [9.17, 15) is 26.4 Å². The van der Waals surface area contributed by atoms with Crippen molar-refractivity contribution in [1.29, 1.82) is 0 Å². The fourth-order valence-electron chi connectivity index (χ4n) is 3.39. The normalized spacial score (nSPS) is 17.2. The topological polar surface area (TPSA) is 60.4 Å². The maximum Gasteiger partial charge on any atom is 0.501 e. The number of halogens is 3. The van der Waals surface area contributed by atoms with Crippen LogP contribution >= 0.6 is 0 Å². The predicted octanol–water partition coefficient (Wildman–Crippen LogP) is 6.11. The molecule has 0 fully saturated rings. The minimum absolute atomic E-state index is 0.0752. The average Bonchev–Trinajstić information content (AvgIpc) is 2.66. The molecule has 1 aromatic rings. The summed E-state index contributed by atoms with van der Waals surface area (Å²) in [6.45, 7) is 9.22. The summed E-state index contributed by atoms with van der Waals surface area (Å²) < 4.78 is 69.0. The molecule has 0 aliphatic heterocycles. The van der Waals surface area contributed by atoms with Crippen LogP contribution in [0.15, 0.2) is 54.2 Å². The third-order valence-corrected chi connectivity index (χ3v) is 6.77. The van der Waals surface area contributed by atoms with Crippen molar-refractivity contribution >= 4 is 26.3 Å². The van der Waals surface area contributed by atoms with Crippen molar-refractivity contribution in [2.75, 3.05) is 6.61 Å². The van der Waals surface area contributed by atoms with Crippen LogP contribution in [0.3, 0.4) is 0 Å². The maximum absolute atomic E-state index is 13.3. The molecule has 0 bridgehead atoms. The first-order valence-electron chi connectivity index (χ1n) is 10.1. The lowest BCUT2D eigenvalue weighted by Gasteiger charge is -2.32. The minimum atomic E-state index is -5.47. The maximum atomic E-state index is 13.3. The summed E-state index contributed by atoms with van der Waals surface area (Å²) in [5.74, 6) is -0.446. The van der Waals surface area contributed by atoms with E-state index < -0.39 is 31.6 Å². The SMILES string of the molecule is CCOC(=O)C=C(C)C=CC=C(C)c1ccc2c(c1)C(S(=O)(=O)C(F)(F)F)=CCC2(C)C. The van der Waals surface area contributed by atoms with Gasteiger partial charge in [0.15, 0.2) is 0 Å². The Morgan fingerprint density at radius 3 is 2.47 bits per heavy atom. The van der Waals surface area contributed by atoms with Gasteiger partial charge in [-0.1, -0.05) is 50.3 Å². The van der Waals surface area contributed by atoms with Crippen LogP contribution in [0.1, 0.15) is 57.7 Å². The van der Waals surface area contributed by atoms with Gasteiger partial charge in [-0.25, -0.2) is 13.2 Å². The number of carbonyl (C=O) groups excluding carboxylic acids is 1. The van der Waals surface area contributed by atoms with Crippen LogP contribution in [0.5, 0.6) is 0 Å². The molecular weight excluding hydrogens is 441 g/mol. The number of ether oxygens (including phenoxy) is 1. The number of sulfone groups is 1. The highest BCUT2D eigenvalue weighted by Gasteiger charge is 2.50. The molecular formula is C24H27F3O4S. The molecule has 8 heteroatoms. The Labute approximate surface area is 187 Å². The van der Waals surface area contributed by atoms with E-state index in [4.69, 9.17) is 4.74 Å². The molecule has 174 valence electrons. The van der Waals surface area contributed by atoms with E-state index in [-0.39, 0.29) is 18.6 Å². The van der Waals surface area contributed by atoms with Gasteiger partial charge in [-0.3, -0.25) is 0 Å². The standard InChI is InChI=1S/C24H27F3O4S/c1-6-31-22(28)14-16(2)8-7-9-17(3)18-10-11-20-19(15-18)21(12-13-23(20,4)5)32(29,30)24(25,26)27/h7-12,14-15H,6,13H2,1-5H3. The lowest BCUT2D eigenvalue weighted by atomic mass is 9.75. The molecule has 0 radical (unpaired) electrons. The zero-order chi connectivity index (χ0) is 24.3. The van der Waals surface area contributed by atoms with Gasteiger partial charge < -0.3 is 4.74 Å². The molecule has 1 aliphatic carbocycles. The van der Waals surface area contributed by atoms with Crippen molar-refractivity contribution in [3.05, 3.63) is 70.8 Å². The highest BCUT2D eigenvalue weighted by Crippen LogP contribution is 2.45. The van der Waals surface area contributed by atoms with Crippen LogP contribution < -0.4 is 0 Å². The molecule has 4 nitrogen and oxygen atoms in total. The van der Waals surface area contributed by atoms with E-state index in [0.29, 0.717) is 16.7 Å². The minimum Gasteiger partial charge on any atom is -0.463 e. The first-order chi connectivity index (χ1) is 14.7. The molecule has 0 spiro atoms. The highest BCUT2D eigenvalue weighted by molar-refractivity contribution is 8.01. The summed E-state index contributed by atoms with van der Waals surface area (Å²) in [7, 11) is -5.47. The molecule has 0 saturated carbocycles. The first kappa shape index (κ1) is 25.6. The van der Waals surface area contributed by atoms with Crippen molar-refractivity contribution in [2.45, 2.75) is 52.0 Å². The lowest BCUT2D eigenvalue weighted by Crippen LogP contribution is -2.29. The molecule has 0 saturated heterocycles. The fourth-order valence-corrected chi connectivity index (χ4v) is 4.40. The average molecular weight is 469 g/mol. The fraction of sp³-hybridized carbons (Fsp3) is 0.375. The number of esters is 1. The Morgan fingerprint density at radius 2 is 1.88 bits per heavy atom.